The fourth-order valence-electron chi connectivity index (χ4n) is 1.87. The van der Waals surface area contributed by atoms with E-state index >= 15 is 0 Å². The van der Waals surface area contributed by atoms with E-state index in [-0.39, 0.29) is 12.6 Å². The Kier molecular flexibility index (Phi) is 6.75. The van der Waals surface area contributed by atoms with Crippen molar-refractivity contribution < 1.29 is 5.11 Å². The molecule has 0 aromatic heterocycles. The summed E-state index contributed by atoms with van der Waals surface area (Å²) < 4.78 is 0. The van der Waals surface area contributed by atoms with Gasteiger partial charge in [-0.25, -0.2) is 0 Å². The highest BCUT2D eigenvalue weighted by molar-refractivity contribution is 6.48. The second kappa shape index (κ2) is 7.56. The van der Waals surface area contributed by atoms with Gasteiger partial charge in [-0.2, -0.15) is 0 Å². The van der Waals surface area contributed by atoms with Crippen LogP contribution >= 0.6 is 34.8 Å². The molecule has 102 valence electrons. The van der Waals surface area contributed by atoms with Gasteiger partial charge in [-0.15, -0.1) is 0 Å². The zero-order valence-electron chi connectivity index (χ0n) is 10.5. The second-order valence-electron chi connectivity index (χ2n) is 4.42. The Balaban J connectivity index is 2.72. The molecule has 2 N–H and O–H groups in total. The quantitative estimate of drug-likeness (QED) is 0.760. The first-order valence-corrected chi connectivity index (χ1v) is 7.11. The molecule has 0 aliphatic rings. The van der Waals surface area contributed by atoms with Crippen LogP contribution in [-0.2, 0) is 0 Å². The summed E-state index contributed by atoms with van der Waals surface area (Å²) in [5.41, 5.74) is 0.932. The van der Waals surface area contributed by atoms with E-state index in [9.17, 15) is 0 Å². The highest BCUT2D eigenvalue weighted by atomic mass is 35.5. The van der Waals surface area contributed by atoms with Gasteiger partial charge in [0.1, 0.15) is 0 Å². The van der Waals surface area contributed by atoms with Crippen LogP contribution in [0.4, 0.5) is 0 Å². The van der Waals surface area contributed by atoms with Gasteiger partial charge in [0.05, 0.1) is 15.1 Å². The fraction of sp³-hybridized carbons (Fsp3) is 0.538. The Morgan fingerprint density at radius 1 is 1.17 bits per heavy atom. The molecule has 0 spiro atoms. The average Bonchev–Trinajstić information content (AvgIpc) is 2.33. The first-order valence-electron chi connectivity index (χ1n) is 5.97. The summed E-state index contributed by atoms with van der Waals surface area (Å²) in [7, 11) is 0. The van der Waals surface area contributed by atoms with Crippen molar-refractivity contribution >= 4 is 34.8 Å². The van der Waals surface area contributed by atoms with Gasteiger partial charge in [0, 0.05) is 18.7 Å². The van der Waals surface area contributed by atoms with Crippen LogP contribution in [0, 0.1) is 0 Å². The predicted molar refractivity (Wildman–Crippen MR) is 78.8 cm³/mol. The first kappa shape index (κ1) is 16.1. The molecule has 0 amide bonds. The van der Waals surface area contributed by atoms with Gasteiger partial charge >= 0.3 is 0 Å². The average molecular weight is 311 g/mol. The maximum absolute atomic E-state index is 8.80. The van der Waals surface area contributed by atoms with Crippen LogP contribution in [0.1, 0.15) is 38.3 Å². The molecule has 1 aromatic rings. The molecule has 0 aliphatic heterocycles. The lowest BCUT2D eigenvalue weighted by molar-refractivity contribution is 0.274. The molecule has 18 heavy (non-hydrogen) atoms. The number of hydrogen-bond acceptors (Lipinski definition) is 2. The van der Waals surface area contributed by atoms with Crippen LogP contribution in [0.15, 0.2) is 12.1 Å². The van der Waals surface area contributed by atoms with Crippen molar-refractivity contribution in [2.24, 2.45) is 0 Å². The van der Waals surface area contributed by atoms with Gasteiger partial charge in [0.25, 0.3) is 0 Å². The molecule has 2 unspecified atom stereocenters. The third kappa shape index (κ3) is 4.29. The van der Waals surface area contributed by atoms with Crippen LogP contribution in [-0.4, -0.2) is 17.8 Å². The molecule has 0 heterocycles. The lowest BCUT2D eigenvalue weighted by Gasteiger charge is -2.21. The van der Waals surface area contributed by atoms with Crippen LogP contribution < -0.4 is 5.32 Å². The molecule has 0 saturated heterocycles. The molecule has 0 saturated carbocycles. The highest BCUT2D eigenvalue weighted by Gasteiger charge is 2.15. The summed E-state index contributed by atoms with van der Waals surface area (Å²) in [5, 5.41) is 13.6. The Morgan fingerprint density at radius 3 is 2.44 bits per heavy atom. The predicted octanol–water partition coefficient (Wildman–Crippen LogP) is 4.46. The molecular formula is C13H18Cl3NO. The topological polar surface area (TPSA) is 32.3 Å². The Labute approximate surface area is 123 Å². The summed E-state index contributed by atoms with van der Waals surface area (Å²) in [5.74, 6) is 0. The van der Waals surface area contributed by atoms with Gasteiger partial charge in [0.15, 0.2) is 0 Å². The monoisotopic (exact) mass is 309 g/mol. The Morgan fingerprint density at radius 2 is 1.83 bits per heavy atom. The Bertz CT molecular complexity index is 398. The van der Waals surface area contributed by atoms with E-state index < -0.39 is 0 Å². The largest absolute Gasteiger partial charge is 0.396 e. The van der Waals surface area contributed by atoms with Crippen molar-refractivity contribution in [1.29, 1.82) is 0 Å². The lowest BCUT2D eigenvalue weighted by Crippen LogP contribution is -2.29. The number of rotatable bonds is 6. The van der Waals surface area contributed by atoms with E-state index in [1.54, 1.807) is 6.07 Å². The van der Waals surface area contributed by atoms with Crippen molar-refractivity contribution in [2.75, 3.05) is 6.61 Å². The summed E-state index contributed by atoms with van der Waals surface area (Å²) in [6.45, 7) is 4.33. The molecule has 2 nitrogen and oxygen atoms in total. The molecule has 0 aliphatic carbocycles. The number of benzene rings is 1. The van der Waals surface area contributed by atoms with Crippen LogP contribution in [0.25, 0.3) is 0 Å². The number of aliphatic hydroxyl groups excluding tert-OH is 1. The summed E-state index contributed by atoms with van der Waals surface area (Å²) in [6.07, 6.45) is 1.70. The summed E-state index contributed by atoms with van der Waals surface area (Å²) >= 11 is 18.1. The van der Waals surface area contributed by atoms with Gasteiger partial charge in [-0.3, -0.25) is 0 Å². The fourth-order valence-corrected chi connectivity index (χ4v) is 2.58. The summed E-state index contributed by atoms with van der Waals surface area (Å²) in [4.78, 5) is 0. The van der Waals surface area contributed by atoms with Crippen LogP contribution in [0.5, 0.6) is 0 Å². The van der Waals surface area contributed by atoms with Crippen molar-refractivity contribution in [3.05, 3.63) is 32.8 Å². The maximum atomic E-state index is 8.80. The van der Waals surface area contributed by atoms with E-state index in [0.717, 1.165) is 18.4 Å². The van der Waals surface area contributed by atoms with Gasteiger partial charge in [-0.1, -0.05) is 40.9 Å². The first-order chi connectivity index (χ1) is 8.47. The number of hydrogen-bond donors (Lipinski definition) is 2. The minimum Gasteiger partial charge on any atom is -0.396 e. The minimum atomic E-state index is 0.0842. The molecule has 0 fully saturated rings. The number of halogens is 3. The normalized spacial score (nSPS) is 14.6. The van der Waals surface area contributed by atoms with Gasteiger partial charge < -0.3 is 10.4 Å². The number of aliphatic hydroxyl groups is 1. The molecule has 1 rings (SSSR count). The number of nitrogens with one attached hydrogen (secondary N) is 1. The third-order valence-corrected chi connectivity index (χ3v) is 4.17. The second-order valence-corrected chi connectivity index (χ2v) is 5.58. The van der Waals surface area contributed by atoms with E-state index in [0.29, 0.717) is 21.1 Å². The zero-order chi connectivity index (χ0) is 13.7. The van der Waals surface area contributed by atoms with Crippen molar-refractivity contribution in [3.63, 3.8) is 0 Å². The Hall–Kier alpha value is 0.01000. The maximum Gasteiger partial charge on any atom is 0.0781 e. The molecular weight excluding hydrogens is 293 g/mol. The van der Waals surface area contributed by atoms with E-state index in [1.807, 2.05) is 13.0 Å². The van der Waals surface area contributed by atoms with E-state index in [2.05, 4.69) is 12.2 Å². The summed E-state index contributed by atoms with van der Waals surface area (Å²) in [6, 6.07) is 4.02. The molecule has 5 heteroatoms. The van der Waals surface area contributed by atoms with E-state index in [4.69, 9.17) is 39.9 Å². The molecule has 0 radical (unpaired) electrons. The molecule has 1 aromatic carbocycles. The molecule has 2 atom stereocenters. The smallest absolute Gasteiger partial charge is 0.0781 e. The van der Waals surface area contributed by atoms with Crippen molar-refractivity contribution in [2.45, 2.75) is 38.8 Å². The third-order valence-electron chi connectivity index (χ3n) is 2.86. The van der Waals surface area contributed by atoms with Gasteiger partial charge in [0.2, 0.25) is 0 Å². The van der Waals surface area contributed by atoms with Crippen LogP contribution in [0.2, 0.25) is 15.1 Å². The minimum absolute atomic E-state index is 0.0842. The van der Waals surface area contributed by atoms with Crippen molar-refractivity contribution in [1.82, 2.24) is 5.32 Å². The van der Waals surface area contributed by atoms with Crippen LogP contribution in [0.3, 0.4) is 0 Å². The highest BCUT2D eigenvalue weighted by Crippen LogP contribution is 2.35. The van der Waals surface area contributed by atoms with Gasteiger partial charge in [-0.05, 0) is 38.3 Å². The standard InChI is InChI=1S/C13H18Cl3NO/c1-8(4-3-7-18)17-9(2)10-5-6-11(14)13(16)12(10)15/h5-6,8-9,17-18H,3-4,7H2,1-2H3. The zero-order valence-corrected chi connectivity index (χ0v) is 12.8. The van der Waals surface area contributed by atoms with E-state index in [1.165, 1.54) is 0 Å². The van der Waals surface area contributed by atoms with Crippen molar-refractivity contribution in [3.8, 4) is 0 Å². The molecule has 0 bridgehead atoms. The SMILES string of the molecule is CC(CCCO)NC(C)c1ccc(Cl)c(Cl)c1Cl. The lowest BCUT2D eigenvalue weighted by atomic mass is 10.1.